The lowest BCUT2D eigenvalue weighted by Gasteiger charge is -2.11. The van der Waals surface area contributed by atoms with Gasteiger partial charge in [-0.3, -0.25) is 0 Å². The van der Waals surface area contributed by atoms with Crippen molar-refractivity contribution in [1.82, 2.24) is 19.7 Å². The molecule has 6 heteroatoms. The molecule has 3 rings (SSSR count). The minimum atomic E-state index is 0.445. The van der Waals surface area contributed by atoms with Gasteiger partial charge in [0.25, 0.3) is 0 Å². The van der Waals surface area contributed by atoms with E-state index in [-0.39, 0.29) is 0 Å². The van der Waals surface area contributed by atoms with Crippen LogP contribution in [0.15, 0.2) is 42.7 Å². The SMILES string of the molecule is CCCOc1ccccc1Oc1cc(-n2nc(C)cc2C)ncn1. The third-order valence-corrected chi connectivity index (χ3v) is 3.38. The molecule has 0 aliphatic rings. The molecule has 2 aromatic heterocycles. The standard InChI is InChI=1S/C18H20N4O2/c1-4-9-23-15-7-5-6-8-16(15)24-18-11-17(19-12-20-18)22-14(3)10-13(2)21-22/h5-8,10-12H,4,9H2,1-3H3. The van der Waals surface area contributed by atoms with E-state index in [1.807, 2.05) is 44.2 Å². The number of aromatic nitrogens is 4. The number of aryl methyl sites for hydroxylation is 2. The molecule has 0 spiro atoms. The zero-order chi connectivity index (χ0) is 16.9. The average molecular weight is 324 g/mol. The molecule has 0 unspecified atom stereocenters. The van der Waals surface area contributed by atoms with Gasteiger partial charge in [0.05, 0.1) is 12.3 Å². The Bertz CT molecular complexity index is 829. The molecule has 0 atom stereocenters. The van der Waals surface area contributed by atoms with Crippen LogP contribution >= 0.6 is 0 Å². The second-order valence-corrected chi connectivity index (χ2v) is 5.45. The van der Waals surface area contributed by atoms with E-state index in [0.717, 1.165) is 17.8 Å². The molecule has 0 fully saturated rings. The van der Waals surface area contributed by atoms with Crippen LogP contribution in [0.2, 0.25) is 0 Å². The van der Waals surface area contributed by atoms with Crippen molar-refractivity contribution in [2.75, 3.05) is 6.61 Å². The molecular formula is C18H20N4O2. The highest BCUT2D eigenvalue weighted by molar-refractivity contribution is 5.42. The first-order chi connectivity index (χ1) is 11.7. The zero-order valence-corrected chi connectivity index (χ0v) is 14.1. The smallest absolute Gasteiger partial charge is 0.224 e. The molecule has 0 saturated carbocycles. The predicted molar refractivity (Wildman–Crippen MR) is 90.9 cm³/mol. The maximum Gasteiger partial charge on any atom is 0.224 e. The van der Waals surface area contributed by atoms with E-state index in [2.05, 4.69) is 22.0 Å². The van der Waals surface area contributed by atoms with Gasteiger partial charge < -0.3 is 9.47 Å². The number of hydrogen-bond donors (Lipinski definition) is 0. The minimum absolute atomic E-state index is 0.445. The second kappa shape index (κ2) is 7.12. The van der Waals surface area contributed by atoms with Crippen molar-refractivity contribution >= 4 is 0 Å². The molecule has 3 aromatic rings. The average Bonchev–Trinajstić information content (AvgIpc) is 2.93. The molecule has 2 heterocycles. The molecule has 0 radical (unpaired) electrons. The van der Waals surface area contributed by atoms with E-state index in [0.29, 0.717) is 29.8 Å². The number of hydrogen-bond acceptors (Lipinski definition) is 5. The molecule has 0 aliphatic carbocycles. The molecule has 0 amide bonds. The van der Waals surface area contributed by atoms with Gasteiger partial charge in [0.1, 0.15) is 6.33 Å². The van der Waals surface area contributed by atoms with Crippen LogP contribution in [0.5, 0.6) is 17.4 Å². The highest BCUT2D eigenvalue weighted by Crippen LogP contribution is 2.30. The number of rotatable bonds is 6. The van der Waals surface area contributed by atoms with Crippen LogP contribution in [0.3, 0.4) is 0 Å². The van der Waals surface area contributed by atoms with E-state index in [1.165, 1.54) is 6.33 Å². The van der Waals surface area contributed by atoms with Crippen LogP contribution in [-0.4, -0.2) is 26.4 Å². The van der Waals surface area contributed by atoms with E-state index in [4.69, 9.17) is 9.47 Å². The van der Waals surface area contributed by atoms with Crippen molar-refractivity contribution in [3.63, 3.8) is 0 Å². The highest BCUT2D eigenvalue weighted by Gasteiger charge is 2.10. The largest absolute Gasteiger partial charge is 0.490 e. The molecule has 0 aliphatic heterocycles. The van der Waals surface area contributed by atoms with Crippen LogP contribution in [0, 0.1) is 13.8 Å². The summed E-state index contributed by atoms with van der Waals surface area (Å²) in [6.45, 7) is 6.63. The quantitative estimate of drug-likeness (QED) is 0.689. The first kappa shape index (κ1) is 16.0. The van der Waals surface area contributed by atoms with Crippen molar-refractivity contribution in [2.45, 2.75) is 27.2 Å². The predicted octanol–water partition coefficient (Wildman–Crippen LogP) is 3.86. The van der Waals surface area contributed by atoms with Crippen LogP contribution < -0.4 is 9.47 Å². The van der Waals surface area contributed by atoms with E-state index >= 15 is 0 Å². The highest BCUT2D eigenvalue weighted by atomic mass is 16.5. The summed E-state index contributed by atoms with van der Waals surface area (Å²) in [6.07, 6.45) is 2.40. The minimum Gasteiger partial charge on any atom is -0.490 e. The zero-order valence-electron chi connectivity index (χ0n) is 14.1. The Balaban J connectivity index is 1.87. The Morgan fingerprint density at radius 1 is 1.04 bits per heavy atom. The summed E-state index contributed by atoms with van der Waals surface area (Å²) in [5.74, 6) is 2.44. The Hall–Kier alpha value is -2.89. The van der Waals surface area contributed by atoms with Gasteiger partial charge in [-0.1, -0.05) is 19.1 Å². The van der Waals surface area contributed by atoms with Crippen molar-refractivity contribution in [3.8, 4) is 23.2 Å². The second-order valence-electron chi connectivity index (χ2n) is 5.45. The van der Waals surface area contributed by atoms with Gasteiger partial charge >= 0.3 is 0 Å². The monoisotopic (exact) mass is 324 g/mol. The fourth-order valence-electron chi connectivity index (χ4n) is 2.34. The lowest BCUT2D eigenvalue weighted by Crippen LogP contribution is -2.03. The van der Waals surface area contributed by atoms with Crippen LogP contribution in [0.1, 0.15) is 24.7 Å². The third kappa shape index (κ3) is 3.53. The maximum absolute atomic E-state index is 5.90. The lowest BCUT2D eigenvalue weighted by atomic mass is 10.3. The molecule has 1 aromatic carbocycles. The van der Waals surface area contributed by atoms with Crippen LogP contribution in [-0.2, 0) is 0 Å². The fourth-order valence-corrected chi connectivity index (χ4v) is 2.34. The summed E-state index contributed by atoms with van der Waals surface area (Å²) in [7, 11) is 0. The Labute approximate surface area is 141 Å². The first-order valence-corrected chi connectivity index (χ1v) is 7.92. The fraction of sp³-hybridized carbons (Fsp3) is 0.278. The topological polar surface area (TPSA) is 62.1 Å². The van der Waals surface area contributed by atoms with Crippen LogP contribution in [0.25, 0.3) is 5.82 Å². The molecule has 124 valence electrons. The van der Waals surface area contributed by atoms with Crippen molar-refractivity contribution in [3.05, 3.63) is 54.1 Å². The molecule has 6 nitrogen and oxygen atoms in total. The van der Waals surface area contributed by atoms with E-state index < -0.39 is 0 Å². The van der Waals surface area contributed by atoms with E-state index in [9.17, 15) is 0 Å². The number of ether oxygens (including phenoxy) is 2. The summed E-state index contributed by atoms with van der Waals surface area (Å²) in [6, 6.07) is 11.3. The Morgan fingerprint density at radius 3 is 2.54 bits per heavy atom. The molecule has 0 saturated heterocycles. The van der Waals surface area contributed by atoms with Gasteiger partial charge in [0.15, 0.2) is 17.3 Å². The van der Waals surface area contributed by atoms with Gasteiger partial charge in [-0.25, -0.2) is 14.6 Å². The van der Waals surface area contributed by atoms with Gasteiger partial charge in [-0.2, -0.15) is 5.10 Å². The summed E-state index contributed by atoms with van der Waals surface area (Å²) >= 11 is 0. The van der Waals surface area contributed by atoms with Gasteiger partial charge in [0.2, 0.25) is 5.88 Å². The Morgan fingerprint density at radius 2 is 1.83 bits per heavy atom. The number of benzene rings is 1. The number of nitrogens with zero attached hydrogens (tertiary/aromatic N) is 4. The molecule has 0 bridgehead atoms. The normalized spacial score (nSPS) is 10.6. The number of para-hydroxylation sites is 2. The van der Waals surface area contributed by atoms with Crippen molar-refractivity contribution in [2.24, 2.45) is 0 Å². The van der Waals surface area contributed by atoms with Gasteiger partial charge in [-0.15, -0.1) is 0 Å². The summed E-state index contributed by atoms with van der Waals surface area (Å²) < 4.78 is 13.4. The van der Waals surface area contributed by atoms with Crippen molar-refractivity contribution in [1.29, 1.82) is 0 Å². The van der Waals surface area contributed by atoms with Crippen molar-refractivity contribution < 1.29 is 9.47 Å². The maximum atomic E-state index is 5.90. The van der Waals surface area contributed by atoms with Gasteiger partial charge in [-0.05, 0) is 38.5 Å². The molecular weight excluding hydrogens is 304 g/mol. The Kier molecular flexibility index (Phi) is 4.74. The van der Waals surface area contributed by atoms with E-state index in [1.54, 1.807) is 10.7 Å². The summed E-state index contributed by atoms with van der Waals surface area (Å²) in [5.41, 5.74) is 1.94. The summed E-state index contributed by atoms with van der Waals surface area (Å²) in [5, 5.41) is 4.43. The molecule has 24 heavy (non-hydrogen) atoms. The molecule has 0 N–H and O–H groups in total. The summed E-state index contributed by atoms with van der Waals surface area (Å²) in [4.78, 5) is 8.46. The van der Waals surface area contributed by atoms with Crippen LogP contribution in [0.4, 0.5) is 0 Å². The van der Waals surface area contributed by atoms with Gasteiger partial charge in [0, 0.05) is 11.8 Å². The first-order valence-electron chi connectivity index (χ1n) is 7.92. The third-order valence-electron chi connectivity index (χ3n) is 3.38. The lowest BCUT2D eigenvalue weighted by molar-refractivity contribution is 0.300.